The molecule has 6 nitrogen and oxygen atoms in total. The summed E-state index contributed by atoms with van der Waals surface area (Å²) >= 11 is 5.59. The number of hydrogen-bond acceptors (Lipinski definition) is 5. The predicted molar refractivity (Wildman–Crippen MR) is 91.2 cm³/mol. The lowest BCUT2D eigenvalue weighted by atomic mass is 10.2. The second kappa shape index (κ2) is 6.64. The zero-order chi connectivity index (χ0) is 16.4. The standard InChI is InChI=1S/C16H20N4O2S/c1-11-8-19(9-12(2)22-11)16(23)13-10-20(18-17-13)14-6-4-5-7-15(14)21-3/h4-7,10-12H,8-9H2,1-3H3/t11-,12-/m0/s1. The lowest BCUT2D eigenvalue weighted by Crippen LogP contribution is -2.47. The Hall–Kier alpha value is -1.99. The van der Waals surface area contributed by atoms with E-state index in [0.717, 1.165) is 24.5 Å². The van der Waals surface area contributed by atoms with Gasteiger partial charge < -0.3 is 14.4 Å². The molecule has 1 aliphatic rings. The Balaban J connectivity index is 1.83. The first kappa shape index (κ1) is 15.9. The molecule has 122 valence electrons. The minimum absolute atomic E-state index is 0.154. The number of nitrogens with zero attached hydrogens (tertiary/aromatic N) is 4. The van der Waals surface area contributed by atoms with E-state index in [9.17, 15) is 0 Å². The summed E-state index contributed by atoms with van der Waals surface area (Å²) < 4.78 is 12.8. The van der Waals surface area contributed by atoms with Gasteiger partial charge in [0, 0.05) is 13.1 Å². The van der Waals surface area contributed by atoms with Crippen LogP contribution in [0, 0.1) is 0 Å². The maximum atomic E-state index is 5.75. The number of thiocarbonyl (C=S) groups is 1. The highest BCUT2D eigenvalue weighted by Crippen LogP contribution is 2.21. The molecular formula is C16H20N4O2S. The fourth-order valence-electron chi connectivity index (χ4n) is 2.80. The molecule has 23 heavy (non-hydrogen) atoms. The summed E-state index contributed by atoms with van der Waals surface area (Å²) in [6, 6.07) is 7.67. The summed E-state index contributed by atoms with van der Waals surface area (Å²) in [5.41, 5.74) is 1.52. The Bertz CT molecular complexity index is 693. The molecular weight excluding hydrogens is 312 g/mol. The molecule has 0 unspecified atom stereocenters. The largest absolute Gasteiger partial charge is 0.494 e. The normalized spacial score (nSPS) is 21.3. The zero-order valence-corrected chi connectivity index (χ0v) is 14.3. The number of aromatic nitrogens is 3. The van der Waals surface area contributed by atoms with Crippen LogP contribution >= 0.6 is 12.2 Å². The minimum atomic E-state index is 0.154. The van der Waals surface area contributed by atoms with Gasteiger partial charge in [-0.2, -0.15) is 0 Å². The SMILES string of the molecule is COc1ccccc1-n1cc(C(=S)N2C[C@H](C)O[C@@H](C)C2)nn1. The maximum absolute atomic E-state index is 5.75. The molecule has 1 aromatic heterocycles. The van der Waals surface area contributed by atoms with Gasteiger partial charge in [0.05, 0.1) is 25.5 Å². The van der Waals surface area contributed by atoms with Gasteiger partial charge in [0.15, 0.2) is 0 Å². The van der Waals surface area contributed by atoms with Gasteiger partial charge >= 0.3 is 0 Å². The smallest absolute Gasteiger partial charge is 0.144 e. The first-order valence-corrected chi connectivity index (χ1v) is 7.99. The van der Waals surface area contributed by atoms with Gasteiger partial charge in [-0.05, 0) is 26.0 Å². The van der Waals surface area contributed by atoms with Crippen molar-refractivity contribution in [2.24, 2.45) is 0 Å². The highest BCUT2D eigenvalue weighted by atomic mass is 32.1. The van der Waals surface area contributed by atoms with E-state index in [4.69, 9.17) is 21.7 Å². The van der Waals surface area contributed by atoms with Crippen molar-refractivity contribution in [2.45, 2.75) is 26.1 Å². The molecule has 3 rings (SSSR count). The third-order valence-electron chi connectivity index (χ3n) is 3.75. The molecule has 0 radical (unpaired) electrons. The van der Waals surface area contributed by atoms with Crippen molar-refractivity contribution in [3.63, 3.8) is 0 Å². The van der Waals surface area contributed by atoms with Crippen LogP contribution in [0.1, 0.15) is 19.5 Å². The number of hydrogen-bond donors (Lipinski definition) is 0. The Morgan fingerprint density at radius 2 is 1.96 bits per heavy atom. The first-order chi connectivity index (χ1) is 11.1. The van der Waals surface area contributed by atoms with E-state index >= 15 is 0 Å². The topological polar surface area (TPSA) is 52.4 Å². The van der Waals surface area contributed by atoms with E-state index < -0.39 is 0 Å². The van der Waals surface area contributed by atoms with Gasteiger partial charge in [-0.25, -0.2) is 4.68 Å². The van der Waals surface area contributed by atoms with Crippen molar-refractivity contribution in [1.29, 1.82) is 0 Å². The highest BCUT2D eigenvalue weighted by Gasteiger charge is 2.25. The molecule has 1 saturated heterocycles. The third kappa shape index (κ3) is 3.35. The van der Waals surface area contributed by atoms with Gasteiger partial charge in [0.2, 0.25) is 0 Å². The van der Waals surface area contributed by atoms with Crippen LogP contribution in [0.3, 0.4) is 0 Å². The van der Waals surface area contributed by atoms with Crippen molar-refractivity contribution < 1.29 is 9.47 Å². The van der Waals surface area contributed by atoms with Gasteiger partial charge in [-0.1, -0.05) is 29.6 Å². The molecule has 0 aliphatic carbocycles. The summed E-state index contributed by atoms with van der Waals surface area (Å²) in [5.74, 6) is 0.739. The van der Waals surface area contributed by atoms with E-state index in [1.165, 1.54) is 0 Å². The van der Waals surface area contributed by atoms with Crippen LogP contribution in [-0.2, 0) is 4.74 Å². The molecule has 1 aliphatic heterocycles. The van der Waals surface area contributed by atoms with Crippen molar-refractivity contribution in [3.8, 4) is 11.4 Å². The second-order valence-corrected chi connectivity index (χ2v) is 6.07. The second-order valence-electron chi connectivity index (χ2n) is 5.69. The van der Waals surface area contributed by atoms with E-state index in [0.29, 0.717) is 10.7 Å². The van der Waals surface area contributed by atoms with Crippen LogP contribution in [0.15, 0.2) is 30.5 Å². The average molecular weight is 332 g/mol. The average Bonchev–Trinajstić information content (AvgIpc) is 3.03. The number of para-hydroxylation sites is 2. The van der Waals surface area contributed by atoms with Crippen molar-refractivity contribution >= 4 is 17.2 Å². The maximum Gasteiger partial charge on any atom is 0.144 e. The number of morpholine rings is 1. The monoisotopic (exact) mass is 332 g/mol. The van der Waals surface area contributed by atoms with E-state index in [1.807, 2.05) is 30.5 Å². The quantitative estimate of drug-likeness (QED) is 0.802. The molecule has 0 N–H and O–H groups in total. The Labute approximate surface area is 141 Å². The number of benzene rings is 1. The molecule has 0 bridgehead atoms. The molecule has 0 amide bonds. The summed E-state index contributed by atoms with van der Waals surface area (Å²) in [4.78, 5) is 2.83. The van der Waals surface area contributed by atoms with Gasteiger partial charge in [-0.3, -0.25) is 0 Å². The van der Waals surface area contributed by atoms with E-state index in [-0.39, 0.29) is 12.2 Å². The number of methoxy groups -OCH3 is 1. The van der Waals surface area contributed by atoms with Crippen LogP contribution in [0.5, 0.6) is 5.75 Å². The lowest BCUT2D eigenvalue weighted by molar-refractivity contribution is -0.0472. The molecule has 1 aromatic carbocycles. The van der Waals surface area contributed by atoms with Crippen LogP contribution in [-0.4, -0.2) is 57.3 Å². The first-order valence-electron chi connectivity index (χ1n) is 7.59. The lowest BCUT2D eigenvalue weighted by Gasteiger charge is -2.36. The molecule has 7 heteroatoms. The van der Waals surface area contributed by atoms with Crippen molar-refractivity contribution in [2.75, 3.05) is 20.2 Å². The fraction of sp³-hybridized carbons (Fsp3) is 0.438. The summed E-state index contributed by atoms with van der Waals surface area (Å²) in [5, 5.41) is 8.42. The summed E-state index contributed by atoms with van der Waals surface area (Å²) in [6.07, 6.45) is 2.15. The van der Waals surface area contributed by atoms with Crippen LogP contribution < -0.4 is 4.74 Å². The predicted octanol–water partition coefficient (Wildman–Crippen LogP) is 2.06. The fourth-order valence-corrected chi connectivity index (χ4v) is 3.05. The molecule has 1 fully saturated rings. The molecule has 0 saturated carbocycles. The molecule has 0 spiro atoms. The van der Waals surface area contributed by atoms with Gasteiger partial charge in [0.25, 0.3) is 0 Å². The minimum Gasteiger partial charge on any atom is -0.494 e. The number of rotatable bonds is 3. The third-order valence-corrected chi connectivity index (χ3v) is 4.22. The summed E-state index contributed by atoms with van der Waals surface area (Å²) in [6.45, 7) is 5.64. The van der Waals surface area contributed by atoms with Gasteiger partial charge in [0.1, 0.15) is 22.1 Å². The number of ether oxygens (including phenoxy) is 2. The van der Waals surface area contributed by atoms with Crippen LogP contribution in [0.25, 0.3) is 5.69 Å². The van der Waals surface area contributed by atoms with Crippen molar-refractivity contribution in [1.82, 2.24) is 19.9 Å². The molecule has 2 heterocycles. The Kier molecular flexibility index (Phi) is 4.58. The van der Waals surface area contributed by atoms with E-state index in [1.54, 1.807) is 11.8 Å². The van der Waals surface area contributed by atoms with Crippen LogP contribution in [0.4, 0.5) is 0 Å². The Morgan fingerprint density at radius 3 is 2.65 bits per heavy atom. The molecule has 2 aromatic rings. The summed E-state index contributed by atoms with van der Waals surface area (Å²) in [7, 11) is 1.64. The molecule has 2 atom stereocenters. The zero-order valence-electron chi connectivity index (χ0n) is 13.5. The van der Waals surface area contributed by atoms with E-state index in [2.05, 4.69) is 29.1 Å². The van der Waals surface area contributed by atoms with Crippen LogP contribution in [0.2, 0.25) is 0 Å². The van der Waals surface area contributed by atoms with Gasteiger partial charge in [-0.15, -0.1) is 5.10 Å². The highest BCUT2D eigenvalue weighted by molar-refractivity contribution is 7.80. The van der Waals surface area contributed by atoms with Crippen molar-refractivity contribution in [3.05, 3.63) is 36.2 Å². The Morgan fingerprint density at radius 1 is 1.26 bits per heavy atom.